The van der Waals surface area contributed by atoms with Crippen molar-refractivity contribution in [2.24, 2.45) is 7.05 Å². The number of rotatable bonds is 1. The number of aromatic nitrogens is 4. The highest BCUT2D eigenvalue weighted by atomic mass is 127. The maximum Gasteiger partial charge on any atom is 0.349 e. The van der Waals surface area contributed by atoms with Crippen LogP contribution in [0, 0.1) is 3.57 Å². The van der Waals surface area contributed by atoms with E-state index in [-0.39, 0.29) is 0 Å². The molecule has 0 aromatic carbocycles. The third-order valence-electron chi connectivity index (χ3n) is 1.81. The first-order chi connectivity index (χ1) is 6.79. The molecule has 0 aliphatic heterocycles. The van der Waals surface area contributed by atoms with Crippen LogP contribution in [-0.4, -0.2) is 15.0 Å². The number of nitrogens with zero attached hydrogens (tertiary/aromatic N) is 4. The molecule has 0 N–H and O–H groups in total. The lowest BCUT2D eigenvalue weighted by molar-refractivity contribution is -0.663. The Labute approximate surface area is 95.2 Å². The van der Waals surface area contributed by atoms with Crippen molar-refractivity contribution < 1.29 is 4.57 Å². The Morgan fingerprint density at radius 3 is 2.93 bits per heavy atom. The Balaban J connectivity index is 2.61. The molecule has 0 atom stereocenters. The fourth-order valence-electron chi connectivity index (χ4n) is 1.15. The monoisotopic (exact) mass is 299 g/mol. The van der Waals surface area contributed by atoms with Crippen molar-refractivity contribution in [3.8, 4) is 11.5 Å². The molecular weight excluding hydrogens is 291 g/mol. The van der Waals surface area contributed by atoms with E-state index in [0.717, 1.165) is 15.1 Å². The summed E-state index contributed by atoms with van der Waals surface area (Å²) in [4.78, 5) is 12.4. The second kappa shape index (κ2) is 3.95. The van der Waals surface area contributed by atoms with Crippen LogP contribution in [0.2, 0.25) is 0 Å². The van der Waals surface area contributed by atoms with Gasteiger partial charge in [0.2, 0.25) is 0 Å². The molecule has 0 fully saturated rings. The van der Waals surface area contributed by atoms with Crippen LogP contribution < -0.4 is 4.57 Å². The average Bonchev–Trinajstić information content (AvgIpc) is 2.20. The predicted octanol–water partition coefficient (Wildman–Crippen LogP) is 0.968. The summed E-state index contributed by atoms with van der Waals surface area (Å²) in [5.74, 6) is 0.847. The molecule has 0 bridgehead atoms. The molecule has 2 heterocycles. The molecule has 0 spiro atoms. The molecule has 14 heavy (non-hydrogen) atoms. The van der Waals surface area contributed by atoms with Gasteiger partial charge in [-0.05, 0) is 27.6 Å². The van der Waals surface area contributed by atoms with E-state index in [4.69, 9.17) is 0 Å². The maximum absolute atomic E-state index is 4.28. The third kappa shape index (κ3) is 1.72. The van der Waals surface area contributed by atoms with E-state index in [1.165, 1.54) is 6.33 Å². The second-order valence-electron chi connectivity index (χ2n) is 2.77. The number of hydrogen-bond acceptors (Lipinski definition) is 3. The van der Waals surface area contributed by atoms with Crippen LogP contribution in [0.15, 0.2) is 31.0 Å². The molecule has 0 amide bonds. The van der Waals surface area contributed by atoms with Gasteiger partial charge >= 0.3 is 5.82 Å². The van der Waals surface area contributed by atoms with Gasteiger partial charge in [0.15, 0.2) is 5.69 Å². The van der Waals surface area contributed by atoms with E-state index in [9.17, 15) is 0 Å². The standard InChI is InChI=1S/C9H8IN4/c1-14-4-2-3-12-9(14)8-7(10)5-11-6-13-8/h2-6H,1H3/q+1. The van der Waals surface area contributed by atoms with Crippen molar-refractivity contribution >= 4 is 22.6 Å². The Kier molecular flexibility index (Phi) is 2.67. The minimum atomic E-state index is 0.847. The van der Waals surface area contributed by atoms with Gasteiger partial charge in [0.25, 0.3) is 0 Å². The molecule has 2 rings (SSSR count). The summed E-state index contributed by atoms with van der Waals surface area (Å²) < 4.78 is 2.93. The van der Waals surface area contributed by atoms with Gasteiger partial charge in [0.1, 0.15) is 12.5 Å². The highest BCUT2D eigenvalue weighted by Crippen LogP contribution is 2.15. The van der Waals surface area contributed by atoms with Gasteiger partial charge in [0.05, 0.1) is 16.8 Å². The number of aryl methyl sites for hydroxylation is 1. The van der Waals surface area contributed by atoms with Gasteiger partial charge in [-0.3, -0.25) is 0 Å². The van der Waals surface area contributed by atoms with E-state index < -0.39 is 0 Å². The summed E-state index contributed by atoms with van der Waals surface area (Å²) in [5, 5.41) is 0. The van der Waals surface area contributed by atoms with Gasteiger partial charge in [-0.2, -0.15) is 0 Å². The van der Waals surface area contributed by atoms with Crippen LogP contribution in [0.4, 0.5) is 0 Å². The van der Waals surface area contributed by atoms with Crippen molar-refractivity contribution in [1.29, 1.82) is 0 Å². The molecule has 0 unspecified atom stereocenters. The highest BCUT2D eigenvalue weighted by Gasteiger charge is 2.15. The van der Waals surface area contributed by atoms with Crippen LogP contribution in [0.5, 0.6) is 0 Å². The molecule has 2 aromatic rings. The molecule has 5 heteroatoms. The van der Waals surface area contributed by atoms with E-state index in [2.05, 4.69) is 37.5 Å². The van der Waals surface area contributed by atoms with Crippen molar-refractivity contribution in [3.05, 3.63) is 34.6 Å². The molecule has 0 aliphatic carbocycles. The van der Waals surface area contributed by atoms with E-state index in [0.29, 0.717) is 0 Å². The summed E-state index contributed by atoms with van der Waals surface area (Å²) in [6.07, 6.45) is 7.01. The molecule has 2 aromatic heterocycles. The Morgan fingerprint density at radius 2 is 2.21 bits per heavy atom. The molecule has 0 radical (unpaired) electrons. The summed E-state index contributed by atoms with van der Waals surface area (Å²) in [7, 11) is 1.94. The minimum absolute atomic E-state index is 0.847. The molecule has 0 aliphatic rings. The van der Waals surface area contributed by atoms with Gasteiger partial charge in [-0.25, -0.2) is 14.5 Å². The molecular formula is C9H8IN4+. The fraction of sp³-hybridized carbons (Fsp3) is 0.111. The number of halogens is 1. The van der Waals surface area contributed by atoms with E-state index in [1.807, 2.05) is 23.9 Å². The Bertz CT molecular complexity index is 415. The molecule has 70 valence electrons. The Morgan fingerprint density at radius 1 is 1.36 bits per heavy atom. The van der Waals surface area contributed by atoms with Gasteiger partial charge in [-0.1, -0.05) is 0 Å². The van der Waals surface area contributed by atoms with Crippen LogP contribution in [-0.2, 0) is 7.05 Å². The Hall–Kier alpha value is -1.11. The van der Waals surface area contributed by atoms with Crippen LogP contribution in [0.25, 0.3) is 11.5 Å². The molecule has 0 saturated heterocycles. The minimum Gasteiger partial charge on any atom is -0.244 e. The normalized spacial score (nSPS) is 10.1. The maximum atomic E-state index is 4.28. The summed E-state index contributed by atoms with van der Waals surface area (Å²) >= 11 is 2.20. The average molecular weight is 299 g/mol. The molecule has 0 saturated carbocycles. The smallest absolute Gasteiger partial charge is 0.244 e. The van der Waals surface area contributed by atoms with Gasteiger partial charge in [0, 0.05) is 12.3 Å². The lowest BCUT2D eigenvalue weighted by Crippen LogP contribution is -2.31. The highest BCUT2D eigenvalue weighted by molar-refractivity contribution is 14.1. The fourth-order valence-corrected chi connectivity index (χ4v) is 1.69. The van der Waals surface area contributed by atoms with Crippen LogP contribution in [0.3, 0.4) is 0 Å². The van der Waals surface area contributed by atoms with Crippen LogP contribution >= 0.6 is 22.6 Å². The summed E-state index contributed by atoms with van der Waals surface area (Å²) in [6.45, 7) is 0. The quantitative estimate of drug-likeness (QED) is 0.582. The largest absolute Gasteiger partial charge is 0.349 e. The zero-order valence-corrected chi connectivity index (χ0v) is 9.71. The second-order valence-corrected chi connectivity index (χ2v) is 3.94. The zero-order valence-electron chi connectivity index (χ0n) is 7.55. The first-order valence-corrected chi connectivity index (χ1v) is 5.13. The number of hydrogen-bond donors (Lipinski definition) is 0. The van der Waals surface area contributed by atoms with Gasteiger partial charge < -0.3 is 0 Å². The topological polar surface area (TPSA) is 42.5 Å². The first-order valence-electron chi connectivity index (χ1n) is 4.05. The van der Waals surface area contributed by atoms with Gasteiger partial charge in [-0.15, -0.1) is 0 Å². The van der Waals surface area contributed by atoms with Crippen molar-refractivity contribution in [1.82, 2.24) is 15.0 Å². The van der Waals surface area contributed by atoms with Crippen molar-refractivity contribution in [3.63, 3.8) is 0 Å². The van der Waals surface area contributed by atoms with E-state index >= 15 is 0 Å². The summed E-state index contributed by atoms with van der Waals surface area (Å²) in [5.41, 5.74) is 0.865. The van der Waals surface area contributed by atoms with Crippen molar-refractivity contribution in [2.75, 3.05) is 0 Å². The SMILES string of the molecule is C[n+]1cccnc1-c1ncncc1I. The lowest BCUT2D eigenvalue weighted by Gasteiger charge is -1.98. The van der Waals surface area contributed by atoms with Crippen LogP contribution in [0.1, 0.15) is 0 Å². The third-order valence-corrected chi connectivity index (χ3v) is 2.60. The predicted molar refractivity (Wildman–Crippen MR) is 59.2 cm³/mol. The lowest BCUT2D eigenvalue weighted by atomic mass is 10.3. The zero-order chi connectivity index (χ0) is 9.97. The first kappa shape index (κ1) is 9.45. The van der Waals surface area contributed by atoms with Crippen molar-refractivity contribution in [2.45, 2.75) is 0 Å². The summed E-state index contributed by atoms with van der Waals surface area (Å²) in [6, 6.07) is 1.89. The molecule has 4 nitrogen and oxygen atoms in total. The van der Waals surface area contributed by atoms with E-state index in [1.54, 1.807) is 12.4 Å².